The molecule has 6 heteroatoms. The minimum atomic E-state index is -0.617. The van der Waals surface area contributed by atoms with Crippen molar-refractivity contribution in [3.63, 3.8) is 0 Å². The number of rotatable bonds is 8. The van der Waals surface area contributed by atoms with Crippen molar-refractivity contribution in [2.75, 3.05) is 20.3 Å². The Bertz CT molecular complexity index is 1030. The summed E-state index contributed by atoms with van der Waals surface area (Å²) >= 11 is 3.36. The Morgan fingerprint density at radius 2 is 1.57 bits per heavy atom. The molecule has 0 amide bonds. The molecule has 3 aromatic carbocycles. The fraction of sp³-hybridized carbons (Fsp3) is 0.167. The number of halogens is 1. The highest BCUT2D eigenvalue weighted by Gasteiger charge is 2.18. The molecular formula is C24H21BrO5. The van der Waals surface area contributed by atoms with Crippen LogP contribution in [0.15, 0.2) is 71.2 Å². The average molecular weight is 469 g/mol. The standard InChI is InChI=1S/C24H21BrO5/c1-3-29-22-14-19(13-20(25)23(22)28-2)24(27)30-15-21(26)18-11-9-17(10-12-18)16-7-5-4-6-8-16/h4-14H,3,15H2,1-2H3. The van der Waals surface area contributed by atoms with Crippen LogP contribution in [-0.2, 0) is 4.74 Å². The second-order valence-corrected chi connectivity index (χ2v) is 7.22. The molecule has 0 spiro atoms. The van der Waals surface area contributed by atoms with Gasteiger partial charge in [0.2, 0.25) is 0 Å². The van der Waals surface area contributed by atoms with E-state index in [1.807, 2.05) is 49.4 Å². The molecule has 3 aromatic rings. The minimum absolute atomic E-state index is 0.262. The Labute approximate surface area is 183 Å². The highest BCUT2D eigenvalue weighted by atomic mass is 79.9. The van der Waals surface area contributed by atoms with Crippen molar-refractivity contribution in [2.45, 2.75) is 6.92 Å². The van der Waals surface area contributed by atoms with Crippen LogP contribution in [0, 0.1) is 0 Å². The number of esters is 1. The van der Waals surface area contributed by atoms with E-state index in [1.165, 1.54) is 13.2 Å². The van der Waals surface area contributed by atoms with Gasteiger partial charge in [0.15, 0.2) is 23.9 Å². The topological polar surface area (TPSA) is 61.8 Å². The highest BCUT2D eigenvalue weighted by Crippen LogP contribution is 2.36. The Morgan fingerprint density at radius 3 is 2.20 bits per heavy atom. The van der Waals surface area contributed by atoms with Crippen molar-refractivity contribution in [3.05, 3.63) is 82.3 Å². The van der Waals surface area contributed by atoms with Gasteiger partial charge in [0, 0.05) is 5.56 Å². The Morgan fingerprint density at radius 1 is 0.900 bits per heavy atom. The molecule has 0 saturated carbocycles. The van der Waals surface area contributed by atoms with Gasteiger partial charge in [-0.2, -0.15) is 0 Å². The molecule has 30 heavy (non-hydrogen) atoms. The monoisotopic (exact) mass is 468 g/mol. The summed E-state index contributed by atoms with van der Waals surface area (Å²) in [5.74, 6) is 0.0151. The van der Waals surface area contributed by atoms with Gasteiger partial charge in [-0.05, 0) is 46.1 Å². The predicted octanol–water partition coefficient (Wildman–Crippen LogP) is 5.56. The zero-order valence-corrected chi connectivity index (χ0v) is 18.3. The van der Waals surface area contributed by atoms with Crippen molar-refractivity contribution >= 4 is 27.7 Å². The van der Waals surface area contributed by atoms with Crippen molar-refractivity contribution in [2.24, 2.45) is 0 Å². The molecule has 0 aliphatic rings. The summed E-state index contributed by atoms with van der Waals surface area (Å²) in [6, 6.07) is 20.2. The third-order valence-electron chi connectivity index (χ3n) is 4.40. The van der Waals surface area contributed by atoms with E-state index >= 15 is 0 Å². The molecule has 0 unspecified atom stereocenters. The van der Waals surface area contributed by atoms with E-state index in [2.05, 4.69) is 15.9 Å². The molecule has 5 nitrogen and oxygen atoms in total. The zero-order chi connectivity index (χ0) is 21.5. The fourth-order valence-corrected chi connectivity index (χ4v) is 3.53. The smallest absolute Gasteiger partial charge is 0.338 e. The maximum Gasteiger partial charge on any atom is 0.338 e. The van der Waals surface area contributed by atoms with E-state index in [0.717, 1.165) is 11.1 Å². The maximum atomic E-state index is 12.4. The lowest BCUT2D eigenvalue weighted by Gasteiger charge is -2.13. The van der Waals surface area contributed by atoms with Gasteiger partial charge in [0.1, 0.15) is 0 Å². The summed E-state index contributed by atoms with van der Waals surface area (Å²) in [5, 5.41) is 0. The lowest BCUT2D eigenvalue weighted by atomic mass is 10.0. The number of ether oxygens (including phenoxy) is 3. The van der Waals surface area contributed by atoms with Gasteiger partial charge in [-0.15, -0.1) is 0 Å². The summed E-state index contributed by atoms with van der Waals surface area (Å²) in [4.78, 5) is 24.9. The van der Waals surface area contributed by atoms with Crippen LogP contribution in [0.1, 0.15) is 27.6 Å². The number of Topliss-reactive ketones (excluding diaryl/α,β-unsaturated/α-hetero) is 1. The second-order valence-electron chi connectivity index (χ2n) is 6.37. The quantitative estimate of drug-likeness (QED) is 0.319. The first-order chi connectivity index (χ1) is 14.5. The second kappa shape index (κ2) is 10.1. The van der Waals surface area contributed by atoms with Gasteiger partial charge in [-0.25, -0.2) is 4.79 Å². The molecule has 0 bridgehead atoms. The van der Waals surface area contributed by atoms with Crippen molar-refractivity contribution in [1.29, 1.82) is 0 Å². The molecule has 0 fully saturated rings. The van der Waals surface area contributed by atoms with Gasteiger partial charge < -0.3 is 14.2 Å². The van der Waals surface area contributed by atoms with Crippen LogP contribution in [0.3, 0.4) is 0 Å². The minimum Gasteiger partial charge on any atom is -0.492 e. The number of benzene rings is 3. The lowest BCUT2D eigenvalue weighted by Crippen LogP contribution is -2.14. The molecule has 0 heterocycles. The summed E-state index contributed by atoms with van der Waals surface area (Å²) in [7, 11) is 1.52. The molecule has 0 atom stereocenters. The van der Waals surface area contributed by atoms with E-state index in [9.17, 15) is 9.59 Å². The van der Waals surface area contributed by atoms with Gasteiger partial charge >= 0.3 is 5.97 Å². The number of ketones is 1. The summed E-state index contributed by atoms with van der Waals surface area (Å²) in [5.41, 5.74) is 2.82. The first-order valence-electron chi connectivity index (χ1n) is 9.39. The first-order valence-corrected chi connectivity index (χ1v) is 10.2. The van der Waals surface area contributed by atoms with Crippen molar-refractivity contribution in [3.8, 4) is 22.6 Å². The first kappa shape index (κ1) is 21.6. The van der Waals surface area contributed by atoms with Crippen LogP contribution in [0.2, 0.25) is 0 Å². The molecule has 0 saturated heterocycles. The normalized spacial score (nSPS) is 10.4. The number of hydrogen-bond donors (Lipinski definition) is 0. The maximum absolute atomic E-state index is 12.4. The summed E-state index contributed by atoms with van der Waals surface area (Å²) < 4.78 is 16.6. The van der Waals surface area contributed by atoms with Gasteiger partial charge in [-0.1, -0.05) is 54.6 Å². The number of carbonyl (C=O) groups excluding carboxylic acids is 2. The van der Waals surface area contributed by atoms with Crippen molar-refractivity contribution in [1.82, 2.24) is 0 Å². The van der Waals surface area contributed by atoms with E-state index in [4.69, 9.17) is 14.2 Å². The van der Waals surface area contributed by atoms with Crippen LogP contribution in [0.5, 0.6) is 11.5 Å². The molecule has 0 aliphatic heterocycles. The highest BCUT2D eigenvalue weighted by molar-refractivity contribution is 9.10. The molecule has 0 radical (unpaired) electrons. The third kappa shape index (κ3) is 5.07. The predicted molar refractivity (Wildman–Crippen MR) is 118 cm³/mol. The zero-order valence-electron chi connectivity index (χ0n) is 16.7. The van der Waals surface area contributed by atoms with Gasteiger partial charge in [0.05, 0.1) is 23.8 Å². The fourth-order valence-electron chi connectivity index (χ4n) is 2.92. The summed E-state index contributed by atoms with van der Waals surface area (Å²) in [6.07, 6.45) is 0. The van der Waals surface area contributed by atoms with E-state index in [-0.39, 0.29) is 18.0 Å². The van der Waals surface area contributed by atoms with E-state index in [1.54, 1.807) is 18.2 Å². The molecule has 154 valence electrons. The molecule has 0 aromatic heterocycles. The Hall–Kier alpha value is -3.12. The van der Waals surface area contributed by atoms with Crippen LogP contribution in [0.4, 0.5) is 0 Å². The third-order valence-corrected chi connectivity index (χ3v) is 4.99. The van der Waals surface area contributed by atoms with Crippen LogP contribution >= 0.6 is 15.9 Å². The number of methoxy groups -OCH3 is 1. The lowest BCUT2D eigenvalue weighted by molar-refractivity contribution is 0.0474. The Balaban J connectivity index is 1.66. The number of hydrogen-bond acceptors (Lipinski definition) is 5. The van der Waals surface area contributed by atoms with E-state index < -0.39 is 5.97 Å². The van der Waals surface area contributed by atoms with Gasteiger partial charge in [-0.3, -0.25) is 4.79 Å². The molecule has 0 aliphatic carbocycles. The van der Waals surface area contributed by atoms with Crippen molar-refractivity contribution < 1.29 is 23.8 Å². The average Bonchev–Trinajstić information content (AvgIpc) is 2.78. The van der Waals surface area contributed by atoms with Crippen LogP contribution in [-0.4, -0.2) is 32.1 Å². The van der Waals surface area contributed by atoms with Gasteiger partial charge in [0.25, 0.3) is 0 Å². The van der Waals surface area contributed by atoms with E-state index in [0.29, 0.717) is 28.1 Å². The molecule has 0 N–H and O–H groups in total. The summed E-state index contributed by atoms with van der Waals surface area (Å²) in [6.45, 7) is 1.90. The van der Waals surface area contributed by atoms with Crippen LogP contribution < -0.4 is 9.47 Å². The molecule has 3 rings (SSSR count). The largest absolute Gasteiger partial charge is 0.492 e. The number of carbonyl (C=O) groups is 2. The Kier molecular flexibility index (Phi) is 7.25. The molecular weight excluding hydrogens is 448 g/mol. The van der Waals surface area contributed by atoms with Crippen LogP contribution in [0.25, 0.3) is 11.1 Å². The SMILES string of the molecule is CCOc1cc(C(=O)OCC(=O)c2ccc(-c3ccccc3)cc2)cc(Br)c1OC.